The molecule has 1 rings (SSSR count). The summed E-state index contributed by atoms with van der Waals surface area (Å²) in [6.45, 7) is 4.15. The van der Waals surface area contributed by atoms with Gasteiger partial charge in [-0.1, -0.05) is 18.5 Å². The van der Waals surface area contributed by atoms with Gasteiger partial charge >= 0.3 is 6.03 Å². The molecule has 0 aromatic heterocycles. The number of ether oxygens (including phenoxy) is 1. The molecule has 0 aliphatic carbocycles. The van der Waals surface area contributed by atoms with Crippen LogP contribution in [0, 0.1) is 0 Å². The Balaban J connectivity index is 2.81. The van der Waals surface area contributed by atoms with Crippen LogP contribution in [0.5, 0.6) is 5.75 Å². The maximum absolute atomic E-state index is 11.6. The molecule has 0 aliphatic rings. The Kier molecular flexibility index (Phi) is 6.11. The van der Waals surface area contributed by atoms with E-state index < -0.39 is 18.0 Å². The number of carbonyl (C=O) groups is 2. The van der Waals surface area contributed by atoms with Crippen LogP contribution < -0.4 is 21.1 Å². The third-order valence-electron chi connectivity index (χ3n) is 2.41. The fraction of sp³-hybridized carbons (Fsp3) is 0.385. The van der Waals surface area contributed by atoms with Gasteiger partial charge in [-0.25, -0.2) is 4.79 Å². The van der Waals surface area contributed by atoms with Crippen molar-refractivity contribution in [3.05, 3.63) is 23.2 Å². The van der Waals surface area contributed by atoms with E-state index in [-0.39, 0.29) is 0 Å². The number of anilines is 1. The molecule has 0 saturated heterocycles. The second-order valence-electron chi connectivity index (χ2n) is 4.21. The van der Waals surface area contributed by atoms with E-state index in [1.54, 1.807) is 25.1 Å². The van der Waals surface area contributed by atoms with Crippen LogP contribution in [0.4, 0.5) is 10.5 Å². The van der Waals surface area contributed by atoms with E-state index in [1.165, 1.54) is 0 Å². The van der Waals surface area contributed by atoms with Gasteiger partial charge in [-0.05, 0) is 31.5 Å². The smallest absolute Gasteiger partial charge is 0.318 e. The van der Waals surface area contributed by atoms with E-state index in [1.807, 2.05) is 12.2 Å². The van der Waals surface area contributed by atoms with E-state index in [9.17, 15) is 9.59 Å². The van der Waals surface area contributed by atoms with Crippen LogP contribution in [0.15, 0.2) is 18.2 Å². The minimum atomic E-state index is -0.891. The summed E-state index contributed by atoms with van der Waals surface area (Å²) in [5.41, 5.74) is 5.48. The summed E-state index contributed by atoms with van der Waals surface area (Å²) in [5, 5.41) is 5.45. The minimum Gasteiger partial charge on any atom is -0.491 e. The zero-order valence-corrected chi connectivity index (χ0v) is 12.2. The van der Waals surface area contributed by atoms with Crippen LogP contribution in [0.3, 0.4) is 0 Å². The highest BCUT2D eigenvalue weighted by Gasteiger charge is 2.16. The van der Waals surface area contributed by atoms with Crippen molar-refractivity contribution in [2.75, 3.05) is 11.9 Å². The quantitative estimate of drug-likeness (QED) is 0.750. The third-order valence-corrected chi connectivity index (χ3v) is 2.65. The summed E-state index contributed by atoms with van der Waals surface area (Å²) >= 11 is 5.93. The molecule has 1 aromatic carbocycles. The van der Waals surface area contributed by atoms with Crippen molar-refractivity contribution >= 4 is 29.2 Å². The van der Waals surface area contributed by atoms with Gasteiger partial charge in [0.2, 0.25) is 5.91 Å². The summed E-state index contributed by atoms with van der Waals surface area (Å²) in [5.74, 6) is 0.0638. The summed E-state index contributed by atoms with van der Waals surface area (Å²) in [6.07, 6.45) is 0.861. The Labute approximate surface area is 122 Å². The largest absolute Gasteiger partial charge is 0.491 e. The van der Waals surface area contributed by atoms with Crippen molar-refractivity contribution in [1.29, 1.82) is 0 Å². The number of nitrogens with two attached hydrogens (primary N) is 1. The van der Waals surface area contributed by atoms with Crippen molar-refractivity contribution in [3.63, 3.8) is 0 Å². The second-order valence-corrected chi connectivity index (χ2v) is 4.64. The number of rotatable bonds is 6. The van der Waals surface area contributed by atoms with Crippen molar-refractivity contribution in [2.45, 2.75) is 26.3 Å². The molecule has 0 aliphatic heterocycles. The molecule has 1 atom stereocenters. The first kappa shape index (κ1) is 16.1. The van der Waals surface area contributed by atoms with Gasteiger partial charge in [0, 0.05) is 5.02 Å². The molecule has 0 heterocycles. The molecule has 0 radical (unpaired) electrons. The topological polar surface area (TPSA) is 93.4 Å². The molecule has 4 N–H and O–H groups in total. The maximum Gasteiger partial charge on any atom is 0.318 e. The molecule has 6 nitrogen and oxygen atoms in total. The molecule has 0 unspecified atom stereocenters. The fourth-order valence-corrected chi connectivity index (χ4v) is 1.65. The van der Waals surface area contributed by atoms with Crippen LogP contribution in [0.1, 0.15) is 20.3 Å². The third kappa shape index (κ3) is 4.97. The number of imide groups is 1. The van der Waals surface area contributed by atoms with Gasteiger partial charge in [0.15, 0.2) is 0 Å². The summed E-state index contributed by atoms with van der Waals surface area (Å²) in [7, 11) is 0. The lowest BCUT2D eigenvalue weighted by Crippen LogP contribution is -2.43. The fourth-order valence-electron chi connectivity index (χ4n) is 1.48. The predicted octanol–water partition coefficient (Wildman–Crippen LogP) is 2.12. The average Bonchev–Trinajstić information content (AvgIpc) is 2.37. The van der Waals surface area contributed by atoms with Crippen molar-refractivity contribution < 1.29 is 14.3 Å². The van der Waals surface area contributed by atoms with Gasteiger partial charge in [-0.2, -0.15) is 0 Å². The number of halogens is 1. The number of amides is 3. The lowest BCUT2D eigenvalue weighted by molar-refractivity contribution is -0.120. The van der Waals surface area contributed by atoms with Gasteiger partial charge in [0.05, 0.1) is 12.3 Å². The molecule has 0 fully saturated rings. The van der Waals surface area contributed by atoms with Crippen molar-refractivity contribution in [2.24, 2.45) is 5.73 Å². The highest BCUT2D eigenvalue weighted by atomic mass is 35.5. The Hall–Kier alpha value is -1.95. The van der Waals surface area contributed by atoms with Crippen molar-refractivity contribution in [3.8, 4) is 5.75 Å². The lowest BCUT2D eigenvalue weighted by Gasteiger charge is -2.17. The molecule has 0 saturated carbocycles. The Morgan fingerprint density at radius 1 is 1.45 bits per heavy atom. The lowest BCUT2D eigenvalue weighted by atomic mass is 10.2. The first-order valence-corrected chi connectivity index (χ1v) is 6.61. The number of urea groups is 1. The van der Waals surface area contributed by atoms with Crippen LogP contribution in [0.25, 0.3) is 0 Å². The predicted molar refractivity (Wildman–Crippen MR) is 78.0 cm³/mol. The molecular formula is C13H18ClN3O3. The van der Waals surface area contributed by atoms with E-state index in [2.05, 4.69) is 5.32 Å². The number of hydrogen-bond acceptors (Lipinski definition) is 4. The van der Waals surface area contributed by atoms with Crippen LogP contribution >= 0.6 is 11.6 Å². The average molecular weight is 300 g/mol. The van der Waals surface area contributed by atoms with E-state index >= 15 is 0 Å². The molecule has 110 valence electrons. The second kappa shape index (κ2) is 7.59. The highest BCUT2D eigenvalue weighted by molar-refractivity contribution is 6.31. The number of hydrogen-bond donors (Lipinski definition) is 3. The zero-order chi connectivity index (χ0) is 15.1. The Bertz CT molecular complexity index is 494. The summed E-state index contributed by atoms with van der Waals surface area (Å²) < 4.78 is 5.56. The van der Waals surface area contributed by atoms with E-state index in [0.717, 1.165) is 6.42 Å². The minimum absolute atomic E-state index is 0.513. The number of nitrogens with one attached hydrogen (secondary N) is 2. The molecule has 0 spiro atoms. The number of benzene rings is 1. The molecule has 1 aromatic rings. The van der Waals surface area contributed by atoms with Gasteiger partial charge in [0.25, 0.3) is 0 Å². The van der Waals surface area contributed by atoms with E-state index in [0.29, 0.717) is 23.1 Å². The maximum atomic E-state index is 11.6. The summed E-state index contributed by atoms with van der Waals surface area (Å²) in [4.78, 5) is 22.3. The van der Waals surface area contributed by atoms with Crippen LogP contribution in [-0.2, 0) is 4.79 Å². The molecule has 3 amide bonds. The zero-order valence-electron chi connectivity index (χ0n) is 11.4. The molecule has 0 bridgehead atoms. The Morgan fingerprint density at radius 2 is 2.15 bits per heavy atom. The van der Waals surface area contributed by atoms with Crippen LogP contribution in [0.2, 0.25) is 5.02 Å². The Morgan fingerprint density at radius 3 is 2.75 bits per heavy atom. The number of carbonyl (C=O) groups excluding carboxylic acids is 2. The number of primary amides is 1. The van der Waals surface area contributed by atoms with Gasteiger partial charge in [0.1, 0.15) is 11.8 Å². The van der Waals surface area contributed by atoms with Crippen molar-refractivity contribution in [1.82, 2.24) is 5.32 Å². The van der Waals surface area contributed by atoms with E-state index in [4.69, 9.17) is 22.1 Å². The SMILES string of the molecule is CCCOc1ccc(Cl)cc1N[C@@H](C)C(=O)NC(N)=O. The molecular weight excluding hydrogens is 282 g/mol. The molecule has 20 heavy (non-hydrogen) atoms. The van der Waals surface area contributed by atoms with Gasteiger partial charge in [-0.3, -0.25) is 10.1 Å². The molecule has 7 heteroatoms. The van der Waals surface area contributed by atoms with Gasteiger partial charge in [-0.15, -0.1) is 0 Å². The van der Waals surface area contributed by atoms with Crippen LogP contribution in [-0.4, -0.2) is 24.6 Å². The normalized spacial score (nSPS) is 11.6. The first-order chi connectivity index (χ1) is 9.43. The summed E-state index contributed by atoms with van der Waals surface area (Å²) in [6, 6.07) is 3.52. The standard InChI is InChI=1S/C13H18ClN3O3/c1-3-6-20-11-5-4-9(14)7-10(11)16-8(2)12(18)17-13(15)19/h4-5,7-8,16H,3,6H2,1-2H3,(H3,15,17,18,19)/t8-/m0/s1. The first-order valence-electron chi connectivity index (χ1n) is 6.23. The monoisotopic (exact) mass is 299 g/mol. The highest BCUT2D eigenvalue weighted by Crippen LogP contribution is 2.28. The van der Waals surface area contributed by atoms with Gasteiger partial charge < -0.3 is 15.8 Å².